The summed E-state index contributed by atoms with van der Waals surface area (Å²) >= 11 is 0. The second-order valence-electron chi connectivity index (χ2n) is 8.44. The maximum Gasteiger partial charge on any atom is 0.0277 e. The second kappa shape index (κ2) is 9.15. The Bertz CT molecular complexity index is 269. The molecule has 0 heterocycles. The molecule has 0 atom stereocenters. The number of hydrogen-bond donors (Lipinski definition) is 0. The average molecular weight is 299 g/mol. The molecule has 0 aromatic rings. The largest absolute Gasteiger partial charge is 0.301 e. The van der Waals surface area contributed by atoms with Gasteiger partial charge in [-0.3, -0.25) is 4.90 Å². The van der Waals surface area contributed by atoms with E-state index in [9.17, 15) is 0 Å². The van der Waals surface area contributed by atoms with Crippen LogP contribution < -0.4 is 0 Å². The minimum atomic E-state index is 0.247. The van der Waals surface area contributed by atoms with Crippen molar-refractivity contribution >= 4 is 0 Å². The number of unbranched alkanes of at least 4 members (excludes halogenated alkanes) is 1. The van der Waals surface area contributed by atoms with Crippen molar-refractivity contribution in [1.82, 2.24) is 9.80 Å². The first-order chi connectivity index (χ1) is 9.56. The zero-order chi connectivity index (χ0) is 16.7. The van der Waals surface area contributed by atoms with Gasteiger partial charge in [-0.05, 0) is 58.2 Å². The first-order valence-electron chi connectivity index (χ1n) is 9.00. The number of likely N-dealkylation sites (N-methyl/N-ethyl adjacent to an activating group) is 1. The molecule has 0 amide bonds. The summed E-state index contributed by atoms with van der Waals surface area (Å²) in [6.07, 6.45) is 3.81. The van der Waals surface area contributed by atoms with Crippen molar-refractivity contribution in [2.75, 3.05) is 33.2 Å². The van der Waals surface area contributed by atoms with Crippen LogP contribution in [0.2, 0.25) is 0 Å². The highest BCUT2D eigenvalue weighted by Gasteiger charge is 2.30. The summed E-state index contributed by atoms with van der Waals surface area (Å²) in [7, 11) is 2.29. The molecular formula is C19H42N2. The van der Waals surface area contributed by atoms with Gasteiger partial charge in [0.2, 0.25) is 0 Å². The smallest absolute Gasteiger partial charge is 0.0277 e. The molecule has 0 N–H and O–H groups in total. The van der Waals surface area contributed by atoms with Gasteiger partial charge in [-0.2, -0.15) is 0 Å². The highest BCUT2D eigenvalue weighted by Crippen LogP contribution is 2.28. The highest BCUT2D eigenvalue weighted by atomic mass is 15.2. The molecule has 0 aromatic heterocycles. The molecule has 0 aliphatic carbocycles. The summed E-state index contributed by atoms with van der Waals surface area (Å²) in [5.41, 5.74) is 0.630. The quantitative estimate of drug-likeness (QED) is 0.536. The van der Waals surface area contributed by atoms with Crippen molar-refractivity contribution in [3.63, 3.8) is 0 Å². The zero-order valence-electron chi connectivity index (χ0n) is 16.4. The molecule has 21 heavy (non-hydrogen) atoms. The lowest BCUT2D eigenvalue weighted by atomic mass is 9.80. The van der Waals surface area contributed by atoms with E-state index >= 15 is 0 Å². The van der Waals surface area contributed by atoms with Gasteiger partial charge in [0.15, 0.2) is 0 Å². The molecule has 2 nitrogen and oxygen atoms in total. The molecule has 0 spiro atoms. The van der Waals surface area contributed by atoms with Crippen molar-refractivity contribution in [2.24, 2.45) is 11.3 Å². The summed E-state index contributed by atoms with van der Waals surface area (Å²) < 4.78 is 0. The van der Waals surface area contributed by atoms with Crippen molar-refractivity contribution in [2.45, 2.75) is 80.2 Å². The van der Waals surface area contributed by atoms with Crippen LogP contribution in [0, 0.1) is 11.3 Å². The second-order valence-corrected chi connectivity index (χ2v) is 8.44. The molecule has 0 saturated carbocycles. The minimum absolute atomic E-state index is 0.247. The molecule has 0 aliphatic heterocycles. The van der Waals surface area contributed by atoms with Crippen LogP contribution in [0.1, 0.15) is 74.7 Å². The topological polar surface area (TPSA) is 6.48 Å². The van der Waals surface area contributed by atoms with Gasteiger partial charge in [0.1, 0.15) is 0 Å². The lowest BCUT2D eigenvalue weighted by molar-refractivity contribution is 0.0621. The number of nitrogens with zero attached hydrogens (tertiary/aromatic N) is 2. The predicted octanol–water partition coefficient (Wildman–Crippen LogP) is 4.89. The standard InChI is InChI=1S/C19H42N2/c1-10-12-14-20(9)19(7,8)16-21(13-11-2)15-18(5,6)17(3)4/h17H,10-16H2,1-9H3. The van der Waals surface area contributed by atoms with E-state index in [0.29, 0.717) is 5.41 Å². The third-order valence-electron chi connectivity index (χ3n) is 5.22. The Kier molecular flexibility index (Phi) is 9.11. The van der Waals surface area contributed by atoms with E-state index in [1.54, 1.807) is 0 Å². The van der Waals surface area contributed by atoms with Gasteiger partial charge in [0, 0.05) is 18.6 Å². The van der Waals surface area contributed by atoms with Gasteiger partial charge in [-0.15, -0.1) is 0 Å². The van der Waals surface area contributed by atoms with Crippen LogP contribution in [0.15, 0.2) is 0 Å². The Balaban J connectivity index is 4.74. The lowest BCUT2D eigenvalue weighted by Crippen LogP contribution is -2.52. The van der Waals surface area contributed by atoms with Crippen LogP contribution in [0.5, 0.6) is 0 Å². The van der Waals surface area contributed by atoms with Crippen molar-refractivity contribution in [1.29, 1.82) is 0 Å². The van der Waals surface area contributed by atoms with E-state index in [4.69, 9.17) is 0 Å². The first-order valence-corrected chi connectivity index (χ1v) is 9.00. The molecule has 0 rings (SSSR count). The molecule has 0 aliphatic rings. The van der Waals surface area contributed by atoms with Gasteiger partial charge >= 0.3 is 0 Å². The maximum absolute atomic E-state index is 2.68. The van der Waals surface area contributed by atoms with Gasteiger partial charge < -0.3 is 4.90 Å². The third-order valence-corrected chi connectivity index (χ3v) is 5.22. The highest BCUT2D eigenvalue weighted by molar-refractivity contribution is 4.86. The lowest BCUT2D eigenvalue weighted by Gasteiger charge is -2.43. The van der Waals surface area contributed by atoms with Gasteiger partial charge in [0.25, 0.3) is 0 Å². The van der Waals surface area contributed by atoms with Gasteiger partial charge in [-0.25, -0.2) is 0 Å². The van der Waals surface area contributed by atoms with E-state index in [-0.39, 0.29) is 5.54 Å². The average Bonchev–Trinajstić information content (AvgIpc) is 2.34. The summed E-state index contributed by atoms with van der Waals surface area (Å²) in [4.78, 5) is 5.23. The predicted molar refractivity (Wildman–Crippen MR) is 97.0 cm³/mol. The van der Waals surface area contributed by atoms with E-state index in [2.05, 4.69) is 72.2 Å². The van der Waals surface area contributed by atoms with Crippen LogP contribution in [-0.4, -0.2) is 48.6 Å². The fourth-order valence-corrected chi connectivity index (χ4v) is 2.66. The van der Waals surface area contributed by atoms with Gasteiger partial charge in [0.05, 0.1) is 0 Å². The fourth-order valence-electron chi connectivity index (χ4n) is 2.66. The SMILES string of the molecule is CCCCN(C)C(C)(C)CN(CCC)CC(C)(C)C(C)C. The molecule has 0 bridgehead atoms. The van der Waals surface area contributed by atoms with Gasteiger partial charge in [-0.1, -0.05) is 48.0 Å². The Morgan fingerprint density at radius 2 is 1.43 bits per heavy atom. The monoisotopic (exact) mass is 298 g/mol. The molecule has 128 valence electrons. The van der Waals surface area contributed by atoms with Crippen LogP contribution in [-0.2, 0) is 0 Å². The Morgan fingerprint density at radius 3 is 1.86 bits per heavy atom. The number of rotatable bonds is 11. The van der Waals surface area contributed by atoms with Crippen molar-refractivity contribution in [3.05, 3.63) is 0 Å². The van der Waals surface area contributed by atoms with Crippen LogP contribution in [0.4, 0.5) is 0 Å². The normalized spacial score (nSPS) is 13.7. The van der Waals surface area contributed by atoms with E-state index in [0.717, 1.165) is 12.5 Å². The molecule has 0 unspecified atom stereocenters. The molecule has 0 aromatic carbocycles. The summed E-state index contributed by atoms with van der Waals surface area (Å²) in [5, 5.41) is 0. The molecule has 0 saturated heterocycles. The van der Waals surface area contributed by atoms with Crippen molar-refractivity contribution < 1.29 is 0 Å². The number of hydrogen-bond acceptors (Lipinski definition) is 2. The Labute approximate surface area is 135 Å². The summed E-state index contributed by atoms with van der Waals surface area (Å²) in [5.74, 6) is 0.720. The summed E-state index contributed by atoms with van der Waals surface area (Å²) in [6.45, 7) is 23.7. The Morgan fingerprint density at radius 1 is 0.857 bits per heavy atom. The van der Waals surface area contributed by atoms with E-state index in [1.807, 2.05) is 0 Å². The molecule has 0 fully saturated rings. The van der Waals surface area contributed by atoms with E-state index in [1.165, 1.54) is 38.9 Å². The summed E-state index contributed by atoms with van der Waals surface area (Å²) in [6, 6.07) is 0. The molecule has 2 heteroatoms. The molecular weight excluding hydrogens is 256 g/mol. The van der Waals surface area contributed by atoms with Crippen LogP contribution in [0.25, 0.3) is 0 Å². The molecule has 0 radical (unpaired) electrons. The fraction of sp³-hybridized carbons (Fsp3) is 1.00. The van der Waals surface area contributed by atoms with Crippen molar-refractivity contribution in [3.8, 4) is 0 Å². The third kappa shape index (κ3) is 7.65. The first kappa shape index (κ1) is 20.9. The Hall–Kier alpha value is -0.0800. The zero-order valence-corrected chi connectivity index (χ0v) is 16.4. The maximum atomic E-state index is 2.68. The van der Waals surface area contributed by atoms with E-state index < -0.39 is 0 Å². The van der Waals surface area contributed by atoms with Crippen LogP contribution >= 0.6 is 0 Å². The van der Waals surface area contributed by atoms with Crippen LogP contribution in [0.3, 0.4) is 0 Å². The minimum Gasteiger partial charge on any atom is -0.301 e.